The molecule has 3 heterocycles. The lowest BCUT2D eigenvalue weighted by Gasteiger charge is -2.42. The molecule has 3 rings (SSSR count). The van der Waals surface area contributed by atoms with E-state index in [2.05, 4.69) is 0 Å². The number of rotatable bonds is 5. The summed E-state index contributed by atoms with van der Waals surface area (Å²) in [5.74, 6) is -1.18. The summed E-state index contributed by atoms with van der Waals surface area (Å²) >= 11 is 17.7. The molecule has 0 aliphatic carbocycles. The van der Waals surface area contributed by atoms with Crippen molar-refractivity contribution in [2.75, 3.05) is 18.4 Å². The first-order valence-corrected chi connectivity index (χ1v) is 8.37. The molecule has 22 heavy (non-hydrogen) atoms. The fourth-order valence-corrected chi connectivity index (χ4v) is 3.64. The Morgan fingerprint density at radius 3 is 2.36 bits per heavy atom. The van der Waals surface area contributed by atoms with E-state index in [4.69, 9.17) is 53.8 Å². The van der Waals surface area contributed by atoms with Crippen LogP contribution in [0.25, 0.3) is 0 Å². The lowest BCUT2D eigenvalue weighted by atomic mass is 10.0. The molecule has 0 aromatic rings. The van der Waals surface area contributed by atoms with Crippen LogP contribution in [0, 0.1) is 0 Å². The Morgan fingerprint density at radius 2 is 1.82 bits per heavy atom. The summed E-state index contributed by atoms with van der Waals surface area (Å²) in [5, 5.41) is 28.3. The van der Waals surface area contributed by atoms with Gasteiger partial charge in [0, 0.05) is 0 Å². The van der Waals surface area contributed by atoms with E-state index >= 15 is 0 Å². The zero-order valence-corrected chi connectivity index (χ0v) is 13.6. The minimum absolute atomic E-state index is 0.0711. The van der Waals surface area contributed by atoms with Crippen molar-refractivity contribution in [1.29, 1.82) is 0 Å². The zero-order chi connectivity index (χ0) is 16.1. The van der Waals surface area contributed by atoms with Crippen LogP contribution in [0.1, 0.15) is 0 Å². The van der Waals surface area contributed by atoms with Crippen molar-refractivity contribution in [1.82, 2.24) is 0 Å². The van der Waals surface area contributed by atoms with Crippen LogP contribution in [0.3, 0.4) is 0 Å². The summed E-state index contributed by atoms with van der Waals surface area (Å²) in [6, 6.07) is 0. The van der Waals surface area contributed by atoms with Crippen LogP contribution in [-0.4, -0.2) is 87.8 Å². The van der Waals surface area contributed by atoms with E-state index in [1.807, 2.05) is 0 Å². The van der Waals surface area contributed by atoms with Crippen LogP contribution in [0.2, 0.25) is 0 Å². The molecule has 10 heteroatoms. The van der Waals surface area contributed by atoms with Crippen molar-refractivity contribution >= 4 is 34.8 Å². The predicted molar refractivity (Wildman–Crippen MR) is 76.2 cm³/mol. The van der Waals surface area contributed by atoms with Gasteiger partial charge in [0.2, 0.25) is 5.79 Å². The van der Waals surface area contributed by atoms with E-state index < -0.39 is 48.5 Å². The molecule has 3 fully saturated rings. The van der Waals surface area contributed by atoms with Gasteiger partial charge >= 0.3 is 0 Å². The standard InChI is InChI=1S/C12H17Cl3O7/c13-1-4-9-10(20-9)12(3-14,21-4)22-11-8(18)7(17)6(15)5(2-16)19-11/h4-11,16-18H,1-3H2. The molecule has 0 aromatic carbocycles. The van der Waals surface area contributed by atoms with Gasteiger partial charge < -0.3 is 34.3 Å². The van der Waals surface area contributed by atoms with Gasteiger partial charge in [-0.25, -0.2) is 0 Å². The molecule has 0 spiro atoms. The van der Waals surface area contributed by atoms with Gasteiger partial charge in [-0.05, 0) is 0 Å². The normalized spacial score (nSPS) is 54.3. The van der Waals surface area contributed by atoms with E-state index in [1.54, 1.807) is 0 Å². The molecule has 0 bridgehead atoms. The van der Waals surface area contributed by atoms with Crippen LogP contribution in [0.15, 0.2) is 0 Å². The van der Waals surface area contributed by atoms with Gasteiger partial charge in [-0.1, -0.05) is 0 Å². The predicted octanol–water partition coefficient (Wildman–Crippen LogP) is -0.611. The molecule has 7 nitrogen and oxygen atoms in total. The maximum atomic E-state index is 10.1. The largest absolute Gasteiger partial charge is 0.394 e. The highest BCUT2D eigenvalue weighted by Gasteiger charge is 2.68. The third-order valence-corrected chi connectivity index (χ3v) is 5.35. The van der Waals surface area contributed by atoms with E-state index in [1.165, 1.54) is 0 Å². The molecule has 128 valence electrons. The molecule has 0 saturated carbocycles. The van der Waals surface area contributed by atoms with E-state index in [9.17, 15) is 15.3 Å². The van der Waals surface area contributed by atoms with Crippen molar-refractivity contribution in [3.63, 3.8) is 0 Å². The van der Waals surface area contributed by atoms with Crippen molar-refractivity contribution in [3.8, 4) is 0 Å². The minimum Gasteiger partial charge on any atom is -0.394 e. The molecule has 9 unspecified atom stereocenters. The van der Waals surface area contributed by atoms with Crippen molar-refractivity contribution in [2.45, 2.75) is 54.1 Å². The summed E-state index contributed by atoms with van der Waals surface area (Å²) in [4.78, 5) is 0. The maximum Gasteiger partial charge on any atom is 0.214 e. The minimum atomic E-state index is -1.42. The number of halogens is 3. The number of epoxide rings is 1. The number of alkyl halides is 3. The Labute approximate surface area is 141 Å². The third-order valence-electron chi connectivity index (χ3n) is 4.13. The van der Waals surface area contributed by atoms with Crippen molar-refractivity contribution in [2.24, 2.45) is 0 Å². The van der Waals surface area contributed by atoms with Crippen molar-refractivity contribution < 1.29 is 34.3 Å². The van der Waals surface area contributed by atoms with Gasteiger partial charge in [-0.3, -0.25) is 0 Å². The third kappa shape index (κ3) is 2.75. The van der Waals surface area contributed by atoms with Gasteiger partial charge in [0.05, 0.1) is 23.7 Å². The molecule has 0 radical (unpaired) electrons. The monoisotopic (exact) mass is 378 g/mol. The van der Waals surface area contributed by atoms with E-state index in [-0.39, 0.29) is 24.0 Å². The van der Waals surface area contributed by atoms with E-state index in [0.717, 1.165) is 0 Å². The Morgan fingerprint density at radius 1 is 1.09 bits per heavy atom. The first kappa shape index (κ1) is 17.4. The Hall–Kier alpha value is 0.590. The molecule has 3 saturated heterocycles. The summed E-state index contributed by atoms with van der Waals surface area (Å²) < 4.78 is 22.3. The summed E-state index contributed by atoms with van der Waals surface area (Å²) in [7, 11) is 0. The van der Waals surface area contributed by atoms with Gasteiger partial charge in [-0.2, -0.15) is 0 Å². The van der Waals surface area contributed by atoms with Crippen molar-refractivity contribution in [3.05, 3.63) is 0 Å². The van der Waals surface area contributed by atoms with Crippen LogP contribution in [0.5, 0.6) is 0 Å². The Balaban J connectivity index is 1.74. The van der Waals surface area contributed by atoms with Crippen LogP contribution in [0.4, 0.5) is 0 Å². The van der Waals surface area contributed by atoms with Crippen LogP contribution < -0.4 is 0 Å². The van der Waals surface area contributed by atoms with Gasteiger partial charge in [0.1, 0.15) is 36.6 Å². The van der Waals surface area contributed by atoms with E-state index in [0.29, 0.717) is 0 Å². The SMILES string of the molecule is OCC1OC(OC2(CCl)OC(CCl)C3OC32)C(O)C(O)C1Cl. The second-order valence-corrected chi connectivity index (χ2v) is 6.63. The highest BCUT2D eigenvalue weighted by molar-refractivity contribution is 6.21. The summed E-state index contributed by atoms with van der Waals surface area (Å²) in [6.45, 7) is -0.431. The lowest BCUT2D eigenvalue weighted by molar-refractivity contribution is -0.355. The van der Waals surface area contributed by atoms with Crippen LogP contribution >= 0.6 is 34.8 Å². The summed E-state index contributed by atoms with van der Waals surface area (Å²) in [5.41, 5.74) is 0. The molecule has 9 atom stereocenters. The van der Waals surface area contributed by atoms with Gasteiger partial charge in [-0.15, -0.1) is 34.8 Å². The number of ether oxygens (including phenoxy) is 4. The first-order chi connectivity index (χ1) is 10.5. The van der Waals surface area contributed by atoms with Gasteiger partial charge in [0.15, 0.2) is 6.29 Å². The molecule has 3 aliphatic heterocycles. The van der Waals surface area contributed by atoms with Gasteiger partial charge in [0.25, 0.3) is 0 Å². The second kappa shape index (κ2) is 6.48. The fraction of sp³-hybridized carbons (Fsp3) is 1.00. The first-order valence-electron chi connectivity index (χ1n) is 6.87. The second-order valence-electron chi connectivity index (χ2n) is 5.55. The fourth-order valence-electron chi connectivity index (χ4n) is 2.84. The van der Waals surface area contributed by atoms with Crippen LogP contribution in [-0.2, 0) is 18.9 Å². The zero-order valence-electron chi connectivity index (χ0n) is 11.3. The maximum absolute atomic E-state index is 10.1. The smallest absolute Gasteiger partial charge is 0.214 e. The highest BCUT2D eigenvalue weighted by Crippen LogP contribution is 2.49. The number of aliphatic hydroxyl groups is 3. The number of hydrogen-bond acceptors (Lipinski definition) is 7. The molecular formula is C12H17Cl3O7. The highest BCUT2D eigenvalue weighted by atomic mass is 35.5. The quantitative estimate of drug-likeness (QED) is 0.433. The molecule has 0 amide bonds. The molecular weight excluding hydrogens is 362 g/mol. The Bertz CT molecular complexity index is 414. The lowest BCUT2D eigenvalue weighted by Crippen LogP contribution is -2.60. The molecule has 3 aliphatic rings. The Kier molecular flexibility index (Phi) is 5.13. The summed E-state index contributed by atoms with van der Waals surface area (Å²) in [6.07, 6.45) is -5.89. The average Bonchev–Trinajstić information content (AvgIpc) is 3.27. The topological polar surface area (TPSA) is 101 Å². The molecule has 0 aromatic heterocycles. The number of hydrogen-bond donors (Lipinski definition) is 3. The number of aliphatic hydroxyl groups excluding tert-OH is 3. The average molecular weight is 380 g/mol. The molecule has 3 N–H and O–H groups in total. The number of fused-ring (bicyclic) bond motifs is 1.